The molecule has 0 amide bonds. The number of hydrogen-bond donors (Lipinski definition) is 1. The smallest absolute Gasteiger partial charge is 0.306 e. The van der Waals surface area contributed by atoms with Crippen LogP contribution in [-0.2, 0) is 11.2 Å². The van der Waals surface area contributed by atoms with Gasteiger partial charge in [0.05, 0.1) is 12.5 Å². The van der Waals surface area contributed by atoms with Gasteiger partial charge in [-0.25, -0.2) is 0 Å². The first kappa shape index (κ1) is 15.1. The summed E-state index contributed by atoms with van der Waals surface area (Å²) in [6, 6.07) is 17.4. The molecule has 0 aliphatic rings. The Hall–Kier alpha value is -2.29. The Morgan fingerprint density at radius 3 is 2.57 bits per heavy atom. The molecular formula is C18H20O3. The normalized spacial score (nSPS) is 11.9. The summed E-state index contributed by atoms with van der Waals surface area (Å²) in [6.07, 6.45) is 1.04. The van der Waals surface area contributed by atoms with E-state index in [0.29, 0.717) is 19.4 Å². The molecule has 0 fully saturated rings. The Balaban J connectivity index is 1.89. The van der Waals surface area contributed by atoms with Crippen LogP contribution in [0.1, 0.15) is 17.5 Å². The minimum Gasteiger partial charge on any atom is -0.494 e. The molecule has 1 N–H and O–H groups in total. The Kier molecular flexibility index (Phi) is 5.38. The quantitative estimate of drug-likeness (QED) is 0.843. The van der Waals surface area contributed by atoms with E-state index in [0.717, 1.165) is 16.9 Å². The van der Waals surface area contributed by atoms with Crippen LogP contribution in [0.5, 0.6) is 5.75 Å². The first-order valence-corrected chi connectivity index (χ1v) is 7.11. The van der Waals surface area contributed by atoms with Gasteiger partial charge in [-0.2, -0.15) is 0 Å². The molecule has 0 spiro atoms. The van der Waals surface area contributed by atoms with Gasteiger partial charge in [0.15, 0.2) is 0 Å². The maximum atomic E-state index is 11.4. The molecule has 2 aromatic rings. The van der Waals surface area contributed by atoms with Crippen molar-refractivity contribution in [1.82, 2.24) is 0 Å². The molecule has 0 radical (unpaired) electrons. The van der Waals surface area contributed by atoms with Gasteiger partial charge in [0.25, 0.3) is 0 Å². The van der Waals surface area contributed by atoms with Crippen LogP contribution in [0.2, 0.25) is 0 Å². The molecule has 0 saturated heterocycles. The highest BCUT2D eigenvalue weighted by atomic mass is 16.5. The highest BCUT2D eigenvalue weighted by Crippen LogP contribution is 2.16. The Morgan fingerprint density at radius 2 is 1.90 bits per heavy atom. The average molecular weight is 284 g/mol. The van der Waals surface area contributed by atoms with Crippen molar-refractivity contribution >= 4 is 5.97 Å². The van der Waals surface area contributed by atoms with E-state index in [1.807, 2.05) is 61.5 Å². The molecule has 3 heteroatoms. The summed E-state index contributed by atoms with van der Waals surface area (Å²) in [5, 5.41) is 9.35. The van der Waals surface area contributed by atoms with Crippen LogP contribution in [0.3, 0.4) is 0 Å². The highest BCUT2D eigenvalue weighted by molar-refractivity contribution is 5.70. The number of aryl methyl sites for hydroxylation is 1. The summed E-state index contributed by atoms with van der Waals surface area (Å²) in [4.78, 5) is 11.4. The van der Waals surface area contributed by atoms with E-state index < -0.39 is 11.9 Å². The minimum absolute atomic E-state index is 0.410. The van der Waals surface area contributed by atoms with Crippen molar-refractivity contribution in [2.45, 2.75) is 19.8 Å². The molecule has 1 atom stereocenters. The van der Waals surface area contributed by atoms with Gasteiger partial charge in [0, 0.05) is 0 Å². The Bertz CT molecular complexity index is 578. The van der Waals surface area contributed by atoms with Gasteiger partial charge in [-0.3, -0.25) is 4.79 Å². The van der Waals surface area contributed by atoms with Gasteiger partial charge in [0.1, 0.15) is 5.75 Å². The first-order chi connectivity index (χ1) is 10.1. The summed E-state index contributed by atoms with van der Waals surface area (Å²) in [5.41, 5.74) is 2.21. The van der Waals surface area contributed by atoms with Crippen LogP contribution in [-0.4, -0.2) is 17.7 Å². The van der Waals surface area contributed by atoms with E-state index in [-0.39, 0.29) is 0 Å². The predicted molar refractivity (Wildman–Crippen MR) is 82.6 cm³/mol. The monoisotopic (exact) mass is 284 g/mol. The molecule has 0 bridgehead atoms. The van der Waals surface area contributed by atoms with Crippen LogP contribution >= 0.6 is 0 Å². The predicted octanol–water partition coefficient (Wildman–Crippen LogP) is 3.71. The van der Waals surface area contributed by atoms with Crippen LogP contribution < -0.4 is 4.74 Å². The molecule has 0 aromatic heterocycles. The highest BCUT2D eigenvalue weighted by Gasteiger charge is 2.18. The van der Waals surface area contributed by atoms with Gasteiger partial charge in [-0.05, 0) is 37.5 Å². The topological polar surface area (TPSA) is 46.5 Å². The van der Waals surface area contributed by atoms with Crippen LogP contribution in [0, 0.1) is 12.8 Å². The first-order valence-electron chi connectivity index (χ1n) is 7.11. The SMILES string of the molecule is Cc1cccc(CC(CCOc2ccccc2)C(=O)O)c1. The number of hydrogen-bond acceptors (Lipinski definition) is 2. The van der Waals surface area contributed by atoms with Crippen molar-refractivity contribution in [3.8, 4) is 5.75 Å². The zero-order valence-corrected chi connectivity index (χ0v) is 12.2. The third-order valence-corrected chi connectivity index (χ3v) is 3.39. The number of para-hydroxylation sites is 1. The summed E-state index contributed by atoms with van der Waals surface area (Å²) in [7, 11) is 0. The molecule has 0 heterocycles. The molecule has 3 nitrogen and oxygen atoms in total. The number of aliphatic carboxylic acids is 1. The number of benzene rings is 2. The second-order valence-electron chi connectivity index (χ2n) is 5.18. The number of carboxylic acids is 1. The number of carboxylic acid groups (broad SMARTS) is 1. The van der Waals surface area contributed by atoms with Crippen molar-refractivity contribution in [1.29, 1.82) is 0 Å². The summed E-state index contributed by atoms with van der Waals surface area (Å²) >= 11 is 0. The summed E-state index contributed by atoms with van der Waals surface area (Å²) < 4.78 is 5.58. The second kappa shape index (κ2) is 7.48. The average Bonchev–Trinajstić information content (AvgIpc) is 2.47. The third kappa shape index (κ3) is 4.95. The zero-order valence-electron chi connectivity index (χ0n) is 12.2. The molecule has 1 unspecified atom stereocenters. The van der Waals surface area contributed by atoms with E-state index in [9.17, 15) is 9.90 Å². The van der Waals surface area contributed by atoms with Crippen LogP contribution in [0.15, 0.2) is 54.6 Å². The number of rotatable bonds is 7. The molecule has 0 aliphatic heterocycles. The summed E-state index contributed by atoms with van der Waals surface area (Å²) in [5.74, 6) is -0.416. The van der Waals surface area contributed by atoms with Crippen molar-refractivity contribution in [3.63, 3.8) is 0 Å². The van der Waals surface area contributed by atoms with Crippen LogP contribution in [0.25, 0.3) is 0 Å². The molecule has 21 heavy (non-hydrogen) atoms. The van der Waals surface area contributed by atoms with Gasteiger partial charge < -0.3 is 9.84 Å². The molecule has 0 aliphatic carbocycles. The molecule has 0 saturated carbocycles. The Labute approximate surface area is 125 Å². The van der Waals surface area contributed by atoms with Gasteiger partial charge in [-0.1, -0.05) is 48.0 Å². The largest absolute Gasteiger partial charge is 0.494 e. The fraction of sp³-hybridized carbons (Fsp3) is 0.278. The molecule has 110 valence electrons. The minimum atomic E-state index is -0.770. The van der Waals surface area contributed by atoms with Crippen molar-refractivity contribution in [2.75, 3.05) is 6.61 Å². The van der Waals surface area contributed by atoms with E-state index in [2.05, 4.69) is 0 Å². The van der Waals surface area contributed by atoms with Gasteiger partial charge in [-0.15, -0.1) is 0 Å². The van der Waals surface area contributed by atoms with Crippen molar-refractivity contribution < 1.29 is 14.6 Å². The van der Waals surface area contributed by atoms with Gasteiger partial charge in [0.2, 0.25) is 0 Å². The third-order valence-electron chi connectivity index (χ3n) is 3.39. The lowest BCUT2D eigenvalue weighted by Crippen LogP contribution is -2.19. The number of carbonyl (C=O) groups is 1. The number of ether oxygens (including phenoxy) is 1. The molecular weight excluding hydrogens is 264 g/mol. The standard InChI is InChI=1S/C18H20O3/c1-14-6-5-7-15(12-14)13-16(18(19)20)10-11-21-17-8-3-2-4-9-17/h2-9,12,16H,10-11,13H2,1H3,(H,19,20). The van der Waals surface area contributed by atoms with Crippen LogP contribution in [0.4, 0.5) is 0 Å². The Morgan fingerprint density at radius 1 is 1.14 bits per heavy atom. The van der Waals surface area contributed by atoms with Crippen molar-refractivity contribution in [3.05, 3.63) is 65.7 Å². The maximum Gasteiger partial charge on any atom is 0.306 e. The fourth-order valence-electron chi connectivity index (χ4n) is 2.27. The van der Waals surface area contributed by atoms with E-state index in [1.54, 1.807) is 0 Å². The molecule has 2 aromatic carbocycles. The van der Waals surface area contributed by atoms with E-state index in [4.69, 9.17) is 4.74 Å². The lowest BCUT2D eigenvalue weighted by atomic mass is 9.96. The summed E-state index contributed by atoms with van der Waals surface area (Å²) in [6.45, 7) is 2.42. The lowest BCUT2D eigenvalue weighted by molar-refractivity contribution is -0.142. The van der Waals surface area contributed by atoms with E-state index >= 15 is 0 Å². The molecule has 2 rings (SSSR count). The zero-order chi connectivity index (χ0) is 15.1. The van der Waals surface area contributed by atoms with E-state index in [1.165, 1.54) is 0 Å². The van der Waals surface area contributed by atoms with Gasteiger partial charge >= 0.3 is 5.97 Å². The second-order valence-corrected chi connectivity index (χ2v) is 5.18. The van der Waals surface area contributed by atoms with Crippen molar-refractivity contribution in [2.24, 2.45) is 5.92 Å². The lowest BCUT2D eigenvalue weighted by Gasteiger charge is -2.13. The fourth-order valence-corrected chi connectivity index (χ4v) is 2.27. The maximum absolute atomic E-state index is 11.4.